The molecule has 1 N–H and O–H groups in total. The molecular weight excluding hydrogens is 230 g/mol. The first-order valence-corrected chi connectivity index (χ1v) is 7.01. The fourth-order valence-electron chi connectivity index (χ4n) is 1.81. The lowest BCUT2D eigenvalue weighted by atomic mass is 10.3. The average Bonchev–Trinajstić information content (AvgIpc) is 3.00. The van der Waals surface area contributed by atoms with Crippen LogP contribution in [0.25, 0.3) is 0 Å². The number of nitrogens with one attached hydrogen (secondary N) is 1. The van der Waals surface area contributed by atoms with E-state index in [-0.39, 0.29) is 0 Å². The van der Waals surface area contributed by atoms with Crippen molar-refractivity contribution in [2.45, 2.75) is 32.7 Å². The zero-order chi connectivity index (χ0) is 12.1. The fraction of sp³-hybridized carbons (Fsp3) is 0.462. The number of anilines is 1. The second-order valence-electron chi connectivity index (χ2n) is 4.13. The number of thiophene rings is 1. The minimum atomic E-state index is 0.349. The summed E-state index contributed by atoms with van der Waals surface area (Å²) >= 11 is 1.79. The van der Waals surface area contributed by atoms with Crippen LogP contribution in [0.5, 0.6) is 0 Å². The Morgan fingerprint density at radius 2 is 2.41 bits per heavy atom. The number of nitrogens with zero attached hydrogens (tertiary/aromatic N) is 2. The number of rotatable bonds is 6. The number of hydrogen-bond donors (Lipinski definition) is 1. The van der Waals surface area contributed by atoms with E-state index in [4.69, 9.17) is 0 Å². The van der Waals surface area contributed by atoms with Gasteiger partial charge in [0, 0.05) is 23.8 Å². The van der Waals surface area contributed by atoms with Gasteiger partial charge in [-0.15, -0.1) is 11.3 Å². The Hall–Kier alpha value is -1.29. The lowest BCUT2D eigenvalue weighted by Gasteiger charge is -2.15. The molecule has 0 saturated heterocycles. The Kier molecular flexibility index (Phi) is 4.20. The zero-order valence-corrected chi connectivity index (χ0v) is 11.2. The predicted molar refractivity (Wildman–Crippen MR) is 73.8 cm³/mol. The number of imidazole rings is 1. The lowest BCUT2D eigenvalue weighted by molar-refractivity contribution is 0.652. The van der Waals surface area contributed by atoms with E-state index in [1.54, 1.807) is 11.3 Å². The summed E-state index contributed by atoms with van der Waals surface area (Å²) in [4.78, 5) is 5.74. The van der Waals surface area contributed by atoms with Crippen LogP contribution in [-0.4, -0.2) is 16.1 Å². The topological polar surface area (TPSA) is 29.9 Å². The highest BCUT2D eigenvalue weighted by Gasteiger charge is 2.12. The van der Waals surface area contributed by atoms with Gasteiger partial charge < -0.3 is 9.88 Å². The van der Waals surface area contributed by atoms with E-state index >= 15 is 0 Å². The summed E-state index contributed by atoms with van der Waals surface area (Å²) in [5.74, 6) is 0.972. The third-order valence-electron chi connectivity index (χ3n) is 2.85. The standard InChI is InChI=1S/C13H19N3S/c1-3-4-7-14-13-15-8-9-16(13)11(2)12-6-5-10-17-12/h5-6,8-11H,3-4,7H2,1-2H3,(H,14,15). The zero-order valence-electron chi connectivity index (χ0n) is 10.4. The van der Waals surface area contributed by atoms with E-state index in [2.05, 4.69) is 46.2 Å². The third kappa shape index (κ3) is 2.88. The molecule has 0 radical (unpaired) electrons. The summed E-state index contributed by atoms with van der Waals surface area (Å²) in [5.41, 5.74) is 0. The summed E-state index contributed by atoms with van der Waals surface area (Å²) in [6, 6.07) is 4.62. The van der Waals surface area contributed by atoms with Crippen LogP contribution in [0.1, 0.15) is 37.6 Å². The lowest BCUT2D eigenvalue weighted by Crippen LogP contribution is -2.11. The molecule has 4 heteroatoms. The Labute approximate surface area is 107 Å². The van der Waals surface area contributed by atoms with Crippen molar-refractivity contribution in [3.63, 3.8) is 0 Å². The summed E-state index contributed by atoms with van der Waals surface area (Å²) in [5, 5.41) is 5.51. The molecule has 0 aliphatic carbocycles. The highest BCUT2D eigenvalue weighted by Crippen LogP contribution is 2.25. The van der Waals surface area contributed by atoms with Crippen LogP contribution in [0, 0.1) is 0 Å². The molecule has 2 rings (SSSR count). The smallest absolute Gasteiger partial charge is 0.203 e. The van der Waals surface area contributed by atoms with Crippen LogP contribution in [-0.2, 0) is 0 Å². The van der Waals surface area contributed by atoms with Crippen molar-refractivity contribution >= 4 is 17.3 Å². The Bertz CT molecular complexity index is 433. The first-order valence-electron chi connectivity index (χ1n) is 6.13. The molecule has 2 aromatic rings. The second-order valence-corrected chi connectivity index (χ2v) is 5.11. The second kappa shape index (κ2) is 5.87. The van der Waals surface area contributed by atoms with Gasteiger partial charge in [0.1, 0.15) is 0 Å². The molecule has 0 aromatic carbocycles. The van der Waals surface area contributed by atoms with Gasteiger partial charge >= 0.3 is 0 Å². The molecule has 0 spiro atoms. The van der Waals surface area contributed by atoms with Crippen molar-refractivity contribution in [1.29, 1.82) is 0 Å². The van der Waals surface area contributed by atoms with Gasteiger partial charge in [0.15, 0.2) is 0 Å². The molecule has 0 aliphatic heterocycles. The highest BCUT2D eigenvalue weighted by atomic mass is 32.1. The van der Waals surface area contributed by atoms with Gasteiger partial charge in [-0.25, -0.2) is 4.98 Å². The summed E-state index contributed by atoms with van der Waals surface area (Å²) in [7, 11) is 0. The van der Waals surface area contributed by atoms with Crippen molar-refractivity contribution in [2.75, 3.05) is 11.9 Å². The van der Waals surface area contributed by atoms with Gasteiger partial charge in [0.25, 0.3) is 0 Å². The van der Waals surface area contributed by atoms with E-state index in [0.717, 1.165) is 12.5 Å². The van der Waals surface area contributed by atoms with Crippen LogP contribution in [0.4, 0.5) is 5.95 Å². The summed E-state index contributed by atoms with van der Waals surface area (Å²) in [6.45, 7) is 5.39. The minimum Gasteiger partial charge on any atom is -0.356 e. The molecule has 1 atom stereocenters. The van der Waals surface area contributed by atoms with E-state index in [1.807, 2.05) is 12.4 Å². The summed E-state index contributed by atoms with van der Waals surface area (Å²) in [6.07, 6.45) is 6.28. The average molecular weight is 249 g/mol. The maximum absolute atomic E-state index is 4.38. The predicted octanol–water partition coefficient (Wildman–Crippen LogP) is 3.77. The van der Waals surface area contributed by atoms with Gasteiger partial charge in [-0.05, 0) is 24.8 Å². The number of unbranched alkanes of at least 4 members (excludes halogenated alkanes) is 1. The molecule has 3 nitrogen and oxygen atoms in total. The molecule has 2 heterocycles. The van der Waals surface area contributed by atoms with Gasteiger partial charge in [-0.1, -0.05) is 19.4 Å². The Balaban J connectivity index is 2.08. The molecule has 0 amide bonds. The van der Waals surface area contributed by atoms with Crippen molar-refractivity contribution < 1.29 is 0 Å². The largest absolute Gasteiger partial charge is 0.356 e. The van der Waals surface area contributed by atoms with Crippen molar-refractivity contribution in [2.24, 2.45) is 0 Å². The molecular formula is C13H19N3S. The molecule has 0 aliphatic rings. The molecule has 92 valence electrons. The normalized spacial score (nSPS) is 12.6. The maximum Gasteiger partial charge on any atom is 0.203 e. The number of aromatic nitrogens is 2. The van der Waals surface area contributed by atoms with Crippen LogP contribution in [0.3, 0.4) is 0 Å². The Morgan fingerprint density at radius 1 is 1.53 bits per heavy atom. The molecule has 2 aromatic heterocycles. The molecule has 17 heavy (non-hydrogen) atoms. The molecule has 0 bridgehead atoms. The van der Waals surface area contributed by atoms with E-state index in [1.165, 1.54) is 17.7 Å². The minimum absolute atomic E-state index is 0.349. The first kappa shape index (κ1) is 12.2. The van der Waals surface area contributed by atoms with Crippen molar-refractivity contribution in [3.05, 3.63) is 34.8 Å². The quantitative estimate of drug-likeness (QED) is 0.790. The van der Waals surface area contributed by atoms with E-state index < -0.39 is 0 Å². The SMILES string of the molecule is CCCCNc1nccn1C(C)c1cccs1. The Morgan fingerprint density at radius 3 is 3.12 bits per heavy atom. The molecule has 1 unspecified atom stereocenters. The third-order valence-corrected chi connectivity index (χ3v) is 3.90. The highest BCUT2D eigenvalue weighted by molar-refractivity contribution is 7.10. The first-order chi connectivity index (χ1) is 8.33. The van der Waals surface area contributed by atoms with Crippen molar-refractivity contribution in [1.82, 2.24) is 9.55 Å². The van der Waals surface area contributed by atoms with Gasteiger partial charge in [-0.2, -0.15) is 0 Å². The van der Waals surface area contributed by atoms with Gasteiger partial charge in [0.05, 0.1) is 6.04 Å². The summed E-state index contributed by atoms with van der Waals surface area (Å²) < 4.78 is 2.20. The maximum atomic E-state index is 4.38. The van der Waals surface area contributed by atoms with Crippen molar-refractivity contribution in [3.8, 4) is 0 Å². The van der Waals surface area contributed by atoms with E-state index in [0.29, 0.717) is 6.04 Å². The molecule has 0 fully saturated rings. The van der Waals surface area contributed by atoms with Gasteiger partial charge in [-0.3, -0.25) is 0 Å². The van der Waals surface area contributed by atoms with Crippen LogP contribution < -0.4 is 5.32 Å². The van der Waals surface area contributed by atoms with Gasteiger partial charge in [0.2, 0.25) is 5.95 Å². The van der Waals surface area contributed by atoms with Crippen LogP contribution >= 0.6 is 11.3 Å². The fourth-order valence-corrected chi connectivity index (χ4v) is 2.59. The van der Waals surface area contributed by atoms with Crippen LogP contribution in [0.2, 0.25) is 0 Å². The van der Waals surface area contributed by atoms with Crippen LogP contribution in [0.15, 0.2) is 29.9 Å². The molecule has 0 saturated carbocycles. The van der Waals surface area contributed by atoms with E-state index in [9.17, 15) is 0 Å². The monoisotopic (exact) mass is 249 g/mol. The number of hydrogen-bond acceptors (Lipinski definition) is 3.